The Hall–Kier alpha value is -2.49. The molecule has 0 spiro atoms. The molecular weight excluding hydrogens is 496 g/mol. The van der Waals surface area contributed by atoms with Gasteiger partial charge in [0.1, 0.15) is 0 Å². The third kappa shape index (κ3) is 4.96. The van der Waals surface area contributed by atoms with Gasteiger partial charge in [-0.1, -0.05) is 23.7 Å². The summed E-state index contributed by atoms with van der Waals surface area (Å²) in [5, 5.41) is 2.77. The highest BCUT2D eigenvalue weighted by Crippen LogP contribution is 2.39. The fourth-order valence-corrected chi connectivity index (χ4v) is 7.32. The first-order valence-corrected chi connectivity index (χ1v) is 13.6. The van der Waals surface area contributed by atoms with Crippen molar-refractivity contribution < 1.29 is 22.6 Å². The molecule has 1 aliphatic rings. The zero-order valence-corrected chi connectivity index (χ0v) is 21.7. The van der Waals surface area contributed by atoms with Gasteiger partial charge < -0.3 is 19.1 Å². The first-order chi connectivity index (χ1) is 16.4. The molecule has 10 heteroatoms. The van der Waals surface area contributed by atoms with Crippen LogP contribution in [0, 0.1) is 0 Å². The molecule has 0 radical (unpaired) electrons. The highest BCUT2D eigenvalue weighted by atomic mass is 35.5. The summed E-state index contributed by atoms with van der Waals surface area (Å²) in [6.45, 7) is 1.26. The van der Waals surface area contributed by atoms with Crippen LogP contribution in [0.4, 0.5) is 5.13 Å². The molecule has 7 nitrogen and oxygen atoms in total. The van der Waals surface area contributed by atoms with Crippen molar-refractivity contribution in [3.05, 3.63) is 58.1 Å². The second kappa shape index (κ2) is 10.4. The summed E-state index contributed by atoms with van der Waals surface area (Å²) in [7, 11) is 1.31. The molecule has 0 atom stereocenters. The number of ether oxygens (including phenoxy) is 3. The number of aromatic nitrogens is 1. The van der Waals surface area contributed by atoms with E-state index in [4.69, 9.17) is 30.8 Å². The molecule has 0 unspecified atom stereocenters. The van der Waals surface area contributed by atoms with Crippen LogP contribution >= 0.6 is 22.9 Å². The molecular formula is C24H27ClN2O5S2. The zero-order valence-electron chi connectivity index (χ0n) is 19.3. The number of hydrogen-bond donors (Lipinski definition) is 0. The number of halogens is 1. The predicted molar refractivity (Wildman–Crippen MR) is 135 cm³/mol. The van der Waals surface area contributed by atoms with Crippen LogP contribution in [0.25, 0.3) is 0 Å². The van der Waals surface area contributed by atoms with Crippen molar-refractivity contribution in [2.24, 2.45) is 0 Å². The van der Waals surface area contributed by atoms with Gasteiger partial charge in [-0.25, -0.2) is 13.4 Å². The third-order valence-electron chi connectivity index (χ3n) is 5.94. The van der Waals surface area contributed by atoms with Crippen molar-refractivity contribution in [1.82, 2.24) is 4.98 Å². The average molecular weight is 523 g/mol. The lowest BCUT2D eigenvalue weighted by atomic mass is 10.1. The van der Waals surface area contributed by atoms with Gasteiger partial charge in [-0.05, 0) is 42.7 Å². The molecule has 1 saturated heterocycles. The summed E-state index contributed by atoms with van der Waals surface area (Å²) < 4.78 is 42.4. The maximum Gasteiger partial charge on any atom is 0.203 e. The Balaban J connectivity index is 1.44. The molecule has 1 aromatic heterocycles. The summed E-state index contributed by atoms with van der Waals surface area (Å²) in [4.78, 5) is 7.18. The Labute approximate surface area is 209 Å². The van der Waals surface area contributed by atoms with Crippen molar-refractivity contribution in [2.45, 2.75) is 29.4 Å². The predicted octanol–water partition coefficient (Wildman–Crippen LogP) is 4.86. The van der Waals surface area contributed by atoms with E-state index in [1.165, 1.54) is 0 Å². The molecule has 2 heterocycles. The number of anilines is 1. The fourth-order valence-electron chi connectivity index (χ4n) is 4.18. The summed E-state index contributed by atoms with van der Waals surface area (Å²) in [5.74, 6) is 1.77. The SMILES string of the molecule is COc1cc(Cc2csc(N3CCC(S(=O)(=O)c4ccccc4Cl)CC3)n2)cc(OC)c1OC. The quantitative estimate of drug-likeness (QED) is 0.418. The molecule has 0 N–H and O–H groups in total. The lowest BCUT2D eigenvalue weighted by Crippen LogP contribution is -2.39. The van der Waals surface area contributed by atoms with Crippen LogP contribution in [0.3, 0.4) is 0 Å². The maximum atomic E-state index is 13.1. The summed E-state index contributed by atoms with van der Waals surface area (Å²) in [5.41, 5.74) is 1.93. The van der Waals surface area contributed by atoms with Crippen molar-refractivity contribution in [1.29, 1.82) is 0 Å². The minimum atomic E-state index is -3.46. The average Bonchev–Trinajstić information content (AvgIpc) is 3.32. The monoisotopic (exact) mass is 522 g/mol. The number of nitrogens with zero attached hydrogens (tertiary/aromatic N) is 2. The van der Waals surface area contributed by atoms with E-state index >= 15 is 0 Å². The van der Waals surface area contributed by atoms with Crippen LogP contribution in [0.5, 0.6) is 17.2 Å². The molecule has 0 saturated carbocycles. The zero-order chi connectivity index (χ0) is 24.3. The topological polar surface area (TPSA) is 78.0 Å². The molecule has 0 amide bonds. The summed E-state index contributed by atoms with van der Waals surface area (Å²) >= 11 is 7.72. The van der Waals surface area contributed by atoms with E-state index < -0.39 is 15.1 Å². The van der Waals surface area contributed by atoms with E-state index in [0.29, 0.717) is 49.6 Å². The van der Waals surface area contributed by atoms with Gasteiger partial charge in [-0.3, -0.25) is 0 Å². The molecule has 0 aliphatic carbocycles. The van der Waals surface area contributed by atoms with Gasteiger partial charge in [0, 0.05) is 24.9 Å². The molecule has 0 bridgehead atoms. The lowest BCUT2D eigenvalue weighted by Gasteiger charge is -2.31. The summed E-state index contributed by atoms with van der Waals surface area (Å²) in [6, 6.07) is 10.5. The number of rotatable bonds is 8. The normalized spacial score (nSPS) is 14.8. The first kappa shape index (κ1) is 24.6. The number of hydrogen-bond acceptors (Lipinski definition) is 8. The molecule has 182 valence electrons. The van der Waals surface area contributed by atoms with Crippen LogP contribution in [-0.4, -0.2) is 53.1 Å². The number of benzene rings is 2. The number of piperidine rings is 1. The van der Waals surface area contributed by atoms with Crippen LogP contribution in [0.1, 0.15) is 24.1 Å². The molecule has 2 aromatic carbocycles. The number of methoxy groups -OCH3 is 3. The minimum Gasteiger partial charge on any atom is -0.493 e. The highest BCUT2D eigenvalue weighted by molar-refractivity contribution is 7.92. The van der Waals surface area contributed by atoms with E-state index in [1.807, 2.05) is 17.5 Å². The van der Waals surface area contributed by atoms with Gasteiger partial charge in [-0.15, -0.1) is 11.3 Å². The molecule has 3 aromatic rings. The smallest absolute Gasteiger partial charge is 0.203 e. The second-order valence-electron chi connectivity index (χ2n) is 7.99. The van der Waals surface area contributed by atoms with E-state index in [2.05, 4.69) is 4.90 Å². The van der Waals surface area contributed by atoms with Crippen molar-refractivity contribution in [3.8, 4) is 17.2 Å². The Bertz CT molecular complexity index is 1230. The van der Waals surface area contributed by atoms with E-state index in [0.717, 1.165) is 16.4 Å². The Morgan fingerprint density at radius 3 is 2.29 bits per heavy atom. The van der Waals surface area contributed by atoms with Gasteiger partial charge in [0.25, 0.3) is 0 Å². The molecule has 1 aliphatic heterocycles. The maximum absolute atomic E-state index is 13.1. The van der Waals surface area contributed by atoms with E-state index in [9.17, 15) is 8.42 Å². The van der Waals surface area contributed by atoms with E-state index in [-0.39, 0.29) is 9.92 Å². The van der Waals surface area contributed by atoms with Crippen LogP contribution < -0.4 is 19.1 Å². The van der Waals surface area contributed by atoms with Gasteiger partial charge in [0.15, 0.2) is 26.5 Å². The van der Waals surface area contributed by atoms with Crippen LogP contribution in [-0.2, 0) is 16.3 Å². The van der Waals surface area contributed by atoms with Crippen LogP contribution in [0.2, 0.25) is 5.02 Å². The Kier molecular flexibility index (Phi) is 7.54. The minimum absolute atomic E-state index is 0.219. The molecule has 1 fully saturated rings. The Morgan fingerprint density at radius 1 is 1.06 bits per heavy atom. The third-order valence-corrected chi connectivity index (χ3v) is 9.65. The highest BCUT2D eigenvalue weighted by Gasteiger charge is 2.33. The lowest BCUT2D eigenvalue weighted by molar-refractivity contribution is 0.324. The molecule has 4 rings (SSSR count). The molecule has 34 heavy (non-hydrogen) atoms. The van der Waals surface area contributed by atoms with Gasteiger partial charge in [0.2, 0.25) is 5.75 Å². The second-order valence-corrected chi connectivity index (χ2v) is 11.4. The van der Waals surface area contributed by atoms with Crippen LogP contribution in [0.15, 0.2) is 46.7 Å². The van der Waals surface area contributed by atoms with Gasteiger partial charge in [-0.2, -0.15) is 0 Å². The fraction of sp³-hybridized carbons (Fsp3) is 0.375. The van der Waals surface area contributed by atoms with E-state index in [1.54, 1.807) is 56.9 Å². The Morgan fingerprint density at radius 2 is 1.71 bits per heavy atom. The van der Waals surface area contributed by atoms with Crippen molar-refractivity contribution >= 4 is 37.9 Å². The number of sulfone groups is 1. The largest absolute Gasteiger partial charge is 0.493 e. The van der Waals surface area contributed by atoms with Gasteiger partial charge >= 0.3 is 0 Å². The van der Waals surface area contributed by atoms with Crippen molar-refractivity contribution in [2.75, 3.05) is 39.3 Å². The number of thiazole rings is 1. The summed E-state index contributed by atoms with van der Waals surface area (Å²) in [6.07, 6.45) is 1.69. The first-order valence-electron chi connectivity index (χ1n) is 10.8. The van der Waals surface area contributed by atoms with Crippen molar-refractivity contribution in [3.63, 3.8) is 0 Å². The standard InChI is InChI=1S/C24H27ClN2O5S2/c1-30-20-13-16(14-21(31-2)23(20)32-3)12-17-15-33-24(26-17)27-10-8-18(9-11-27)34(28,29)22-7-5-4-6-19(22)25/h4-7,13-15,18H,8-12H2,1-3H3. The van der Waals surface area contributed by atoms with Gasteiger partial charge in [0.05, 0.1) is 42.2 Å².